The number of aliphatic hydroxyl groups is 1. The van der Waals surface area contributed by atoms with Crippen LogP contribution in [0, 0.1) is 35.0 Å². The lowest BCUT2D eigenvalue weighted by molar-refractivity contribution is 0.112. The summed E-state index contributed by atoms with van der Waals surface area (Å²) >= 11 is 0. The van der Waals surface area contributed by atoms with Crippen molar-refractivity contribution in [3.63, 3.8) is 0 Å². The predicted octanol–water partition coefficient (Wildman–Crippen LogP) is 9.30. The Labute approximate surface area is 201 Å². The molecule has 0 aromatic heterocycles. The molecule has 1 nitrogen and oxygen atoms in total. The van der Waals surface area contributed by atoms with Gasteiger partial charge < -0.3 is 5.11 Å². The first-order valence-electron chi connectivity index (χ1n) is 13.5. The van der Waals surface area contributed by atoms with Gasteiger partial charge >= 0.3 is 0 Å². The first kappa shape index (κ1) is 29.0. The number of aliphatic hydroxyl groups excluding tert-OH is 1. The summed E-state index contributed by atoms with van der Waals surface area (Å²) < 4.78 is 0. The Morgan fingerprint density at radius 3 is 2.19 bits per heavy atom. The highest BCUT2D eigenvalue weighted by molar-refractivity contribution is 5.35. The first-order chi connectivity index (χ1) is 15.3. The highest BCUT2D eigenvalue weighted by Gasteiger charge is 2.50. The molecule has 1 N–H and O–H groups in total. The van der Waals surface area contributed by atoms with Crippen LogP contribution < -0.4 is 0 Å². The lowest BCUT2D eigenvalue weighted by atomic mass is 9.61. The fraction of sp³-hybridized carbons (Fsp3) is 0.742. The van der Waals surface area contributed by atoms with Crippen molar-refractivity contribution in [3.05, 3.63) is 47.6 Å². The van der Waals surface area contributed by atoms with Crippen LogP contribution in [0.2, 0.25) is 0 Å². The van der Waals surface area contributed by atoms with Crippen molar-refractivity contribution < 1.29 is 5.11 Å². The largest absolute Gasteiger partial charge is 0.400 e. The molecule has 32 heavy (non-hydrogen) atoms. The molecule has 0 radical (unpaired) electrons. The molecule has 0 aromatic carbocycles. The number of hydrogen-bond acceptors (Lipinski definition) is 1. The minimum atomic E-state index is 0.497. The van der Waals surface area contributed by atoms with E-state index >= 15 is 0 Å². The third kappa shape index (κ3) is 7.21. The van der Waals surface area contributed by atoms with Gasteiger partial charge in [0.25, 0.3) is 0 Å². The third-order valence-corrected chi connectivity index (χ3v) is 8.57. The van der Waals surface area contributed by atoms with E-state index in [-0.39, 0.29) is 0 Å². The van der Waals surface area contributed by atoms with Crippen molar-refractivity contribution in [1.29, 1.82) is 0 Å². The highest BCUT2D eigenvalue weighted by atomic mass is 16.2. The number of allylic oxidation sites excluding steroid dienone is 7. The van der Waals surface area contributed by atoms with Gasteiger partial charge in [0, 0.05) is 7.11 Å². The normalized spacial score (nSPS) is 32.2. The summed E-state index contributed by atoms with van der Waals surface area (Å²) in [6.07, 6.45) is 22.0. The maximum Gasteiger partial charge on any atom is 0.0319 e. The lowest BCUT2D eigenvalue weighted by Gasteiger charge is -2.44. The second-order valence-electron chi connectivity index (χ2n) is 10.7. The van der Waals surface area contributed by atoms with Crippen molar-refractivity contribution >= 4 is 0 Å². The molecule has 1 heteroatoms. The Morgan fingerprint density at radius 2 is 1.56 bits per heavy atom. The average molecular weight is 443 g/mol. The van der Waals surface area contributed by atoms with Gasteiger partial charge in [-0.25, -0.2) is 0 Å². The van der Waals surface area contributed by atoms with Gasteiger partial charge in [-0.15, -0.1) is 0 Å². The summed E-state index contributed by atoms with van der Waals surface area (Å²) in [5, 5.41) is 7.00. The zero-order chi connectivity index (χ0) is 24.3. The van der Waals surface area contributed by atoms with Crippen LogP contribution in [0.5, 0.6) is 0 Å². The predicted molar refractivity (Wildman–Crippen MR) is 144 cm³/mol. The van der Waals surface area contributed by atoms with Gasteiger partial charge in [-0.2, -0.15) is 0 Å². The fourth-order valence-electron chi connectivity index (χ4n) is 6.25. The second kappa shape index (κ2) is 14.2. The Kier molecular flexibility index (Phi) is 12.9. The lowest BCUT2D eigenvalue weighted by Crippen LogP contribution is -2.35. The zero-order valence-electron chi connectivity index (χ0n) is 22.7. The molecular formula is C31H54O. The minimum Gasteiger partial charge on any atom is -0.400 e. The molecule has 3 aliphatic carbocycles. The molecule has 3 rings (SSSR count). The molecule has 0 bridgehead atoms. The standard InChI is InChI=1S/C28H44.C2H6.CH4O/c1-20(2)21(3)13-14-23(5)26-17-18-27-25(12-9-19-28(26,27)6)16-15-24-11-8-7-10-22(24)4;2*1-2/h13-16,20-21,23,26-27H,4,7-12,17-19H2,1-3,5-6H3;1-2H3;2H,1H3/b14-13+,24-15-,25-16+;;/t21-,23+,26?,27?,28?;;/m0../s1. The molecule has 0 aromatic rings. The van der Waals surface area contributed by atoms with Crippen LogP contribution in [0.15, 0.2) is 47.6 Å². The van der Waals surface area contributed by atoms with Gasteiger partial charge in [0.15, 0.2) is 0 Å². The molecule has 3 aliphatic rings. The van der Waals surface area contributed by atoms with Gasteiger partial charge in [-0.05, 0) is 98.4 Å². The van der Waals surface area contributed by atoms with Gasteiger partial charge in [-0.3, -0.25) is 0 Å². The third-order valence-electron chi connectivity index (χ3n) is 8.57. The number of hydrogen-bond donors (Lipinski definition) is 1. The molecule has 3 saturated carbocycles. The van der Waals surface area contributed by atoms with Crippen molar-refractivity contribution in [2.75, 3.05) is 7.11 Å². The SMILES string of the molecule is C=C1CCCC/C1=C/C=C1\CCCC2(C)C1CCC2[C@H](C)/C=C/[C@H](C)C(C)C.CC.CO. The van der Waals surface area contributed by atoms with E-state index in [1.54, 1.807) is 5.57 Å². The van der Waals surface area contributed by atoms with Crippen LogP contribution in [0.1, 0.15) is 106 Å². The highest BCUT2D eigenvalue weighted by Crippen LogP contribution is 2.59. The molecule has 3 fully saturated rings. The fourth-order valence-corrected chi connectivity index (χ4v) is 6.25. The van der Waals surface area contributed by atoms with Crippen molar-refractivity contribution in [3.8, 4) is 0 Å². The van der Waals surface area contributed by atoms with Crippen LogP contribution in [0.4, 0.5) is 0 Å². The Hall–Kier alpha value is -1.08. The molecule has 0 aliphatic heterocycles. The average Bonchev–Trinajstić information content (AvgIpc) is 3.17. The second-order valence-corrected chi connectivity index (χ2v) is 10.7. The van der Waals surface area contributed by atoms with E-state index in [0.29, 0.717) is 17.3 Å². The van der Waals surface area contributed by atoms with Crippen LogP contribution in [-0.2, 0) is 0 Å². The van der Waals surface area contributed by atoms with E-state index in [9.17, 15) is 0 Å². The molecule has 0 heterocycles. The van der Waals surface area contributed by atoms with Gasteiger partial charge in [0.05, 0.1) is 0 Å². The van der Waals surface area contributed by atoms with Crippen LogP contribution in [-0.4, -0.2) is 12.2 Å². The molecule has 184 valence electrons. The van der Waals surface area contributed by atoms with Gasteiger partial charge in [0.1, 0.15) is 0 Å². The van der Waals surface area contributed by atoms with E-state index in [1.165, 1.54) is 68.9 Å². The molecule has 5 atom stereocenters. The molecule has 0 spiro atoms. The van der Waals surface area contributed by atoms with Crippen LogP contribution >= 0.6 is 0 Å². The minimum absolute atomic E-state index is 0.497. The molecular weight excluding hydrogens is 388 g/mol. The number of rotatable bonds is 5. The summed E-state index contributed by atoms with van der Waals surface area (Å²) in [4.78, 5) is 0. The first-order valence-corrected chi connectivity index (χ1v) is 13.5. The maximum absolute atomic E-state index is 7.00. The van der Waals surface area contributed by atoms with Gasteiger partial charge in [-0.1, -0.05) is 90.5 Å². The van der Waals surface area contributed by atoms with Crippen molar-refractivity contribution in [2.45, 2.75) is 106 Å². The summed E-state index contributed by atoms with van der Waals surface area (Å²) in [7, 11) is 1.00. The monoisotopic (exact) mass is 442 g/mol. The summed E-state index contributed by atoms with van der Waals surface area (Å²) in [6, 6.07) is 0. The summed E-state index contributed by atoms with van der Waals surface area (Å²) in [5.74, 6) is 3.77. The van der Waals surface area contributed by atoms with Crippen LogP contribution in [0.25, 0.3) is 0 Å². The summed E-state index contributed by atoms with van der Waals surface area (Å²) in [6.45, 7) is 20.4. The van der Waals surface area contributed by atoms with E-state index in [0.717, 1.165) is 24.9 Å². The Morgan fingerprint density at radius 1 is 0.906 bits per heavy atom. The van der Waals surface area contributed by atoms with Gasteiger partial charge in [0.2, 0.25) is 0 Å². The maximum atomic E-state index is 7.00. The quantitative estimate of drug-likeness (QED) is 0.420. The molecule has 0 saturated heterocycles. The zero-order valence-corrected chi connectivity index (χ0v) is 22.7. The number of fused-ring (bicyclic) bond motifs is 1. The smallest absolute Gasteiger partial charge is 0.0319 e. The van der Waals surface area contributed by atoms with E-state index in [1.807, 2.05) is 13.8 Å². The van der Waals surface area contributed by atoms with Crippen molar-refractivity contribution in [1.82, 2.24) is 0 Å². The van der Waals surface area contributed by atoms with E-state index in [4.69, 9.17) is 5.11 Å². The van der Waals surface area contributed by atoms with Crippen LogP contribution in [0.3, 0.4) is 0 Å². The Bertz CT molecular complexity index is 649. The summed E-state index contributed by atoms with van der Waals surface area (Å²) in [5.41, 5.74) is 5.16. The molecule has 0 amide bonds. The molecule has 3 unspecified atom stereocenters. The topological polar surface area (TPSA) is 20.2 Å². The van der Waals surface area contributed by atoms with E-state index < -0.39 is 0 Å². The van der Waals surface area contributed by atoms with E-state index in [2.05, 4.69) is 65.5 Å². The Balaban J connectivity index is 0.00000121. The van der Waals surface area contributed by atoms with Crippen molar-refractivity contribution in [2.24, 2.45) is 35.0 Å².